The minimum Gasteiger partial charge on any atom is -0.493 e. The number of quaternary nitrogens is 1. The molecule has 2 aliphatic rings. The number of carbonyl (C=O) groups is 1. The van der Waals surface area contributed by atoms with Crippen molar-refractivity contribution in [2.24, 2.45) is 0 Å². The first-order chi connectivity index (χ1) is 19.2. The molecule has 11 heteroatoms. The van der Waals surface area contributed by atoms with Crippen molar-refractivity contribution < 1.29 is 23.1 Å². The van der Waals surface area contributed by atoms with E-state index in [-0.39, 0.29) is 23.7 Å². The van der Waals surface area contributed by atoms with E-state index < -0.39 is 5.82 Å². The highest BCUT2D eigenvalue weighted by molar-refractivity contribution is 6.30. The van der Waals surface area contributed by atoms with E-state index in [1.54, 1.807) is 38.5 Å². The first-order valence-electron chi connectivity index (χ1n) is 13.8. The summed E-state index contributed by atoms with van der Waals surface area (Å²) in [5.41, 5.74) is 0.878. The van der Waals surface area contributed by atoms with Crippen molar-refractivity contribution in [1.29, 1.82) is 0 Å². The summed E-state index contributed by atoms with van der Waals surface area (Å²) >= 11 is 5.96. The second-order valence-electron chi connectivity index (χ2n) is 10.8. The Kier molecular flexibility index (Phi) is 8.19. The number of likely N-dealkylation sites (tertiary alicyclic amines) is 1. The van der Waals surface area contributed by atoms with E-state index in [9.17, 15) is 9.18 Å². The number of halogens is 2. The molecule has 3 heterocycles. The van der Waals surface area contributed by atoms with Crippen molar-refractivity contribution in [3.63, 3.8) is 0 Å². The number of aromatic nitrogens is 2. The van der Waals surface area contributed by atoms with Crippen LogP contribution in [0.2, 0.25) is 5.02 Å². The van der Waals surface area contributed by atoms with Gasteiger partial charge in [-0.25, -0.2) is 9.37 Å². The zero-order valence-electron chi connectivity index (χ0n) is 23.5. The summed E-state index contributed by atoms with van der Waals surface area (Å²) in [5, 5.41) is 7.41. The van der Waals surface area contributed by atoms with Crippen LogP contribution in [-0.2, 0) is 4.79 Å². The Morgan fingerprint density at radius 1 is 1.12 bits per heavy atom. The van der Waals surface area contributed by atoms with Gasteiger partial charge < -0.3 is 29.5 Å². The zero-order chi connectivity index (χ0) is 28.4. The number of carbonyl (C=O) groups excluding carboxylic acids is 1. The summed E-state index contributed by atoms with van der Waals surface area (Å²) in [6.45, 7) is 5.54. The number of likely N-dealkylation sites (N-methyl/N-ethyl adjacent to an activating group) is 1. The molecule has 2 atom stereocenters. The maximum atomic E-state index is 14.7. The summed E-state index contributed by atoms with van der Waals surface area (Å²) in [6, 6.07) is 8.16. The fraction of sp³-hybridized carbons (Fsp3) is 0.483. The minimum atomic E-state index is -0.488. The van der Waals surface area contributed by atoms with Crippen molar-refractivity contribution in [3.05, 3.63) is 41.2 Å². The monoisotopic (exact) mass is 571 g/mol. The van der Waals surface area contributed by atoms with Gasteiger partial charge in [0, 0.05) is 48.4 Å². The molecule has 0 spiro atoms. The normalized spacial score (nSPS) is 21.4. The first-order valence-corrected chi connectivity index (χ1v) is 14.2. The van der Waals surface area contributed by atoms with Crippen molar-refractivity contribution in [2.45, 2.75) is 44.7 Å². The Morgan fingerprint density at radius 3 is 2.52 bits per heavy atom. The fourth-order valence-electron chi connectivity index (χ4n) is 5.83. The predicted octanol–water partition coefficient (Wildman–Crippen LogP) is 4.90. The summed E-state index contributed by atoms with van der Waals surface area (Å²) < 4.78 is 26.5. The lowest BCUT2D eigenvalue weighted by atomic mass is 10.0. The molecule has 2 N–H and O–H groups in total. The highest BCUT2D eigenvalue weighted by Crippen LogP contribution is 2.37. The van der Waals surface area contributed by atoms with E-state index in [4.69, 9.17) is 31.0 Å². The maximum Gasteiger partial charge on any atom is 0.278 e. The SMILES string of the molecule is CC[N+]1(C)CCC[C@H]1C(=O)NC1CCN(c2nc(Nc3ccc(Cl)cc3F)c3cc(OC)c(OC)cc3n2)CC1. The Hall–Kier alpha value is -3.37. The zero-order valence-corrected chi connectivity index (χ0v) is 24.2. The molecule has 2 saturated heterocycles. The molecule has 0 radical (unpaired) electrons. The smallest absolute Gasteiger partial charge is 0.278 e. The van der Waals surface area contributed by atoms with E-state index in [0.29, 0.717) is 52.3 Å². The van der Waals surface area contributed by atoms with Crippen LogP contribution < -0.4 is 25.0 Å². The molecule has 5 rings (SSSR count). The van der Waals surface area contributed by atoms with Gasteiger partial charge in [-0.05, 0) is 44.0 Å². The van der Waals surface area contributed by atoms with Gasteiger partial charge in [0.2, 0.25) is 5.95 Å². The van der Waals surface area contributed by atoms with E-state index in [0.717, 1.165) is 43.3 Å². The number of amides is 1. The van der Waals surface area contributed by atoms with E-state index in [1.165, 1.54) is 6.07 Å². The summed E-state index contributed by atoms with van der Waals surface area (Å²) in [6.07, 6.45) is 3.61. The molecule has 2 aliphatic heterocycles. The third-order valence-electron chi connectivity index (χ3n) is 8.42. The molecule has 0 bridgehead atoms. The number of nitrogens with one attached hydrogen (secondary N) is 2. The number of ether oxygens (including phenoxy) is 2. The van der Waals surface area contributed by atoms with Gasteiger partial charge in [-0.3, -0.25) is 4.79 Å². The van der Waals surface area contributed by atoms with Gasteiger partial charge in [0.25, 0.3) is 5.91 Å². The molecular weight excluding hydrogens is 535 g/mol. The molecule has 0 aliphatic carbocycles. The average Bonchev–Trinajstić information content (AvgIpc) is 3.36. The Morgan fingerprint density at radius 2 is 1.85 bits per heavy atom. The molecule has 1 amide bonds. The quantitative estimate of drug-likeness (QED) is 0.372. The van der Waals surface area contributed by atoms with Gasteiger partial charge in [-0.2, -0.15) is 4.98 Å². The van der Waals surface area contributed by atoms with Gasteiger partial charge in [-0.1, -0.05) is 11.6 Å². The van der Waals surface area contributed by atoms with E-state index in [2.05, 4.69) is 29.5 Å². The fourth-order valence-corrected chi connectivity index (χ4v) is 5.98. The average molecular weight is 572 g/mol. The number of anilines is 3. The topological polar surface area (TPSA) is 88.6 Å². The van der Waals surface area contributed by atoms with Crippen molar-refractivity contribution in [2.75, 3.05) is 57.7 Å². The second kappa shape index (κ2) is 11.6. The van der Waals surface area contributed by atoms with Crippen LogP contribution in [0.5, 0.6) is 11.5 Å². The van der Waals surface area contributed by atoms with Gasteiger partial charge in [-0.15, -0.1) is 0 Å². The molecule has 9 nitrogen and oxygen atoms in total. The molecule has 1 aromatic heterocycles. The summed E-state index contributed by atoms with van der Waals surface area (Å²) in [5.74, 6) is 1.69. The number of piperidine rings is 1. The highest BCUT2D eigenvalue weighted by atomic mass is 35.5. The third-order valence-corrected chi connectivity index (χ3v) is 8.66. The number of methoxy groups -OCH3 is 2. The molecule has 1 unspecified atom stereocenters. The van der Waals surface area contributed by atoms with Gasteiger partial charge in [0.15, 0.2) is 17.5 Å². The minimum absolute atomic E-state index is 0.0284. The number of hydrogen-bond acceptors (Lipinski definition) is 7. The summed E-state index contributed by atoms with van der Waals surface area (Å²) in [4.78, 5) is 24.9. The van der Waals surface area contributed by atoms with Crippen LogP contribution >= 0.6 is 11.6 Å². The Labute approximate surface area is 239 Å². The lowest BCUT2D eigenvalue weighted by Gasteiger charge is -2.36. The number of fused-ring (bicyclic) bond motifs is 1. The molecule has 2 fully saturated rings. The van der Waals surface area contributed by atoms with Gasteiger partial charge in [0.1, 0.15) is 11.6 Å². The molecule has 3 aromatic rings. The third kappa shape index (κ3) is 5.60. The van der Waals surface area contributed by atoms with Crippen molar-refractivity contribution in [3.8, 4) is 11.5 Å². The van der Waals surface area contributed by atoms with Gasteiger partial charge in [0.05, 0.1) is 45.6 Å². The van der Waals surface area contributed by atoms with Gasteiger partial charge >= 0.3 is 0 Å². The Bertz CT molecular complexity index is 1400. The number of hydrogen-bond donors (Lipinski definition) is 2. The van der Waals surface area contributed by atoms with Crippen LogP contribution in [0, 0.1) is 5.82 Å². The van der Waals surface area contributed by atoms with Crippen molar-refractivity contribution >= 4 is 45.9 Å². The lowest BCUT2D eigenvalue weighted by molar-refractivity contribution is -0.910. The van der Waals surface area contributed by atoms with Crippen LogP contribution in [0.3, 0.4) is 0 Å². The molecule has 214 valence electrons. The van der Waals surface area contributed by atoms with Crippen LogP contribution in [0.4, 0.5) is 21.8 Å². The number of benzene rings is 2. The largest absolute Gasteiger partial charge is 0.493 e. The van der Waals surface area contributed by atoms with Crippen LogP contribution in [-0.4, -0.2) is 79.9 Å². The van der Waals surface area contributed by atoms with Crippen LogP contribution in [0.25, 0.3) is 10.9 Å². The molecule has 2 aromatic carbocycles. The van der Waals surface area contributed by atoms with Crippen molar-refractivity contribution in [1.82, 2.24) is 15.3 Å². The standard InChI is InChI=1S/C29H36ClFN6O3/c1-5-37(2)14-6-7-24(37)28(38)32-19-10-12-36(13-11-19)29-34-23-17-26(40-4)25(39-3)16-20(23)27(35-29)33-22-9-8-18(30)15-21(22)31/h8-9,15-17,19,24H,5-7,10-14H2,1-4H3,(H-,32,33,34,35,38)/p+1/t24-,37?/m0/s1. The molecule has 0 saturated carbocycles. The highest BCUT2D eigenvalue weighted by Gasteiger charge is 2.42. The van der Waals surface area contributed by atoms with Crippen LogP contribution in [0.15, 0.2) is 30.3 Å². The lowest BCUT2D eigenvalue weighted by Crippen LogP contribution is -2.57. The second-order valence-corrected chi connectivity index (χ2v) is 11.2. The predicted molar refractivity (Wildman–Crippen MR) is 155 cm³/mol. The summed E-state index contributed by atoms with van der Waals surface area (Å²) in [7, 11) is 5.31. The molecular formula is C29H37ClFN6O3+. The first kappa shape index (κ1) is 28.2. The van der Waals surface area contributed by atoms with E-state index in [1.807, 2.05) is 0 Å². The Balaban J connectivity index is 1.38. The number of nitrogens with zero attached hydrogens (tertiary/aromatic N) is 4. The maximum absolute atomic E-state index is 14.7. The van der Waals surface area contributed by atoms with E-state index >= 15 is 0 Å². The molecule has 40 heavy (non-hydrogen) atoms. The van der Waals surface area contributed by atoms with Crippen LogP contribution in [0.1, 0.15) is 32.6 Å². The number of rotatable bonds is 8.